The van der Waals surface area contributed by atoms with Crippen LogP contribution in [0.5, 0.6) is 0 Å². The molecule has 0 bridgehead atoms. The van der Waals surface area contributed by atoms with E-state index in [-0.39, 0.29) is 12.6 Å². The summed E-state index contributed by atoms with van der Waals surface area (Å²) in [6.45, 7) is 0.370. The molecule has 1 saturated carbocycles. The maximum absolute atomic E-state index is 12.6. The van der Waals surface area contributed by atoms with Crippen LogP contribution in [-0.4, -0.2) is 6.67 Å². The first-order valence-corrected chi connectivity index (χ1v) is 5.20. The highest BCUT2D eigenvalue weighted by molar-refractivity contribution is 5.32. The van der Waals surface area contributed by atoms with Gasteiger partial charge in [0.15, 0.2) is 0 Å². The summed E-state index contributed by atoms with van der Waals surface area (Å²) in [7, 11) is 0. The molecule has 0 aromatic heterocycles. The van der Waals surface area contributed by atoms with Gasteiger partial charge < -0.3 is 5.73 Å². The van der Waals surface area contributed by atoms with Crippen LogP contribution in [0, 0.1) is 5.92 Å². The molecule has 0 amide bonds. The molecule has 76 valence electrons. The molecule has 2 atom stereocenters. The third-order valence-corrected chi connectivity index (χ3v) is 3.29. The van der Waals surface area contributed by atoms with Gasteiger partial charge in [0.25, 0.3) is 0 Å². The summed E-state index contributed by atoms with van der Waals surface area (Å²) >= 11 is 0. The number of hydrogen-bond donors (Lipinski definition) is 1. The van der Waals surface area contributed by atoms with Crippen molar-refractivity contribution in [3.63, 3.8) is 0 Å². The Morgan fingerprint density at radius 2 is 2.07 bits per heavy atom. The van der Waals surface area contributed by atoms with E-state index < -0.39 is 0 Å². The summed E-state index contributed by atoms with van der Waals surface area (Å²) in [6, 6.07) is 8.15. The summed E-state index contributed by atoms with van der Waals surface area (Å²) in [5.41, 5.74) is 8.10. The molecule has 1 aliphatic rings. The Balaban J connectivity index is 2.22. The third-order valence-electron chi connectivity index (χ3n) is 3.29. The summed E-state index contributed by atoms with van der Waals surface area (Å²) in [5.74, 6) is 0.655. The van der Waals surface area contributed by atoms with Gasteiger partial charge in [-0.15, -0.1) is 0 Å². The average Bonchev–Trinajstić information content (AvgIpc) is 2.18. The van der Waals surface area contributed by atoms with Crippen molar-refractivity contribution in [1.82, 2.24) is 0 Å². The fraction of sp³-hybridized carbons (Fsp3) is 0.500. The fourth-order valence-electron chi connectivity index (χ4n) is 2.24. The minimum absolute atomic E-state index is 0.191. The molecule has 1 aromatic carbocycles. The van der Waals surface area contributed by atoms with Crippen LogP contribution >= 0.6 is 0 Å². The predicted molar refractivity (Wildman–Crippen MR) is 55.8 cm³/mol. The number of hydrogen-bond acceptors (Lipinski definition) is 1. The summed E-state index contributed by atoms with van der Waals surface area (Å²) in [5, 5.41) is 0. The van der Waals surface area contributed by atoms with Crippen molar-refractivity contribution in [2.24, 2.45) is 11.7 Å². The Bertz CT molecular complexity index is 309. The molecule has 0 spiro atoms. The quantitative estimate of drug-likeness (QED) is 0.784. The van der Waals surface area contributed by atoms with Gasteiger partial charge in [-0.25, -0.2) is 0 Å². The molecule has 0 radical (unpaired) electrons. The molecular formula is C12H16FN. The lowest BCUT2D eigenvalue weighted by Crippen LogP contribution is -2.26. The second-order valence-corrected chi connectivity index (χ2v) is 4.00. The van der Waals surface area contributed by atoms with Crippen LogP contribution in [0.4, 0.5) is 4.39 Å². The summed E-state index contributed by atoms with van der Waals surface area (Å²) in [4.78, 5) is 0. The van der Waals surface area contributed by atoms with Crippen LogP contribution in [0.3, 0.4) is 0 Å². The number of rotatable bonds is 3. The van der Waals surface area contributed by atoms with Crippen molar-refractivity contribution in [1.29, 1.82) is 0 Å². The van der Waals surface area contributed by atoms with Crippen molar-refractivity contribution < 1.29 is 4.39 Å². The van der Waals surface area contributed by atoms with Gasteiger partial charge in [0.1, 0.15) is 0 Å². The zero-order valence-electron chi connectivity index (χ0n) is 8.25. The molecule has 2 heteroatoms. The normalized spacial score (nSPS) is 25.9. The molecular weight excluding hydrogens is 177 g/mol. The predicted octanol–water partition coefficient (Wildman–Crippen LogP) is 2.61. The van der Waals surface area contributed by atoms with Gasteiger partial charge in [-0.2, -0.15) is 0 Å². The fourth-order valence-corrected chi connectivity index (χ4v) is 2.24. The summed E-state index contributed by atoms with van der Waals surface area (Å²) < 4.78 is 12.6. The number of benzene rings is 1. The maximum Gasteiger partial charge on any atom is 0.0928 e. The van der Waals surface area contributed by atoms with Gasteiger partial charge in [-0.3, -0.25) is 4.39 Å². The van der Waals surface area contributed by atoms with E-state index in [1.54, 1.807) is 0 Å². The van der Waals surface area contributed by atoms with Gasteiger partial charge in [-0.1, -0.05) is 24.3 Å². The lowest BCUT2D eigenvalue weighted by Gasteiger charge is -2.36. The van der Waals surface area contributed by atoms with E-state index in [0.29, 0.717) is 12.5 Å². The minimum atomic E-state index is -0.191. The molecule has 0 saturated heterocycles. The van der Waals surface area contributed by atoms with Crippen LogP contribution in [0.1, 0.15) is 29.9 Å². The Morgan fingerprint density at radius 3 is 2.64 bits per heavy atom. The Hall–Kier alpha value is -0.890. The van der Waals surface area contributed by atoms with Crippen molar-refractivity contribution in [2.45, 2.75) is 25.3 Å². The smallest absolute Gasteiger partial charge is 0.0928 e. The highest BCUT2D eigenvalue weighted by Gasteiger charge is 2.32. The molecule has 2 N–H and O–H groups in total. The SMILES string of the molecule is NCc1ccccc1C1CCC1CF. The summed E-state index contributed by atoms with van der Waals surface area (Å²) in [6.07, 6.45) is 2.14. The van der Waals surface area contributed by atoms with Crippen molar-refractivity contribution in [3.05, 3.63) is 35.4 Å². The zero-order chi connectivity index (χ0) is 9.97. The first-order valence-electron chi connectivity index (χ1n) is 5.20. The van der Waals surface area contributed by atoms with Crippen LogP contribution in [-0.2, 0) is 6.54 Å². The van der Waals surface area contributed by atoms with Gasteiger partial charge in [0.05, 0.1) is 6.67 Å². The molecule has 0 heterocycles. The zero-order valence-corrected chi connectivity index (χ0v) is 8.25. The van der Waals surface area contributed by atoms with Crippen molar-refractivity contribution in [2.75, 3.05) is 6.67 Å². The molecule has 2 rings (SSSR count). The van der Waals surface area contributed by atoms with E-state index in [2.05, 4.69) is 6.07 Å². The van der Waals surface area contributed by atoms with Crippen LogP contribution in [0.25, 0.3) is 0 Å². The van der Waals surface area contributed by atoms with E-state index in [4.69, 9.17) is 5.73 Å². The largest absolute Gasteiger partial charge is 0.326 e. The third kappa shape index (κ3) is 1.55. The Kier molecular flexibility index (Phi) is 2.82. The van der Waals surface area contributed by atoms with Crippen LogP contribution < -0.4 is 5.73 Å². The van der Waals surface area contributed by atoms with E-state index in [9.17, 15) is 4.39 Å². The first-order chi connectivity index (χ1) is 6.86. The van der Waals surface area contributed by atoms with Crippen molar-refractivity contribution >= 4 is 0 Å². The molecule has 2 unspecified atom stereocenters. The standard InChI is InChI=1S/C12H16FN/c13-7-9-5-6-12(9)11-4-2-1-3-10(11)8-14/h1-4,9,12H,5-8,14H2. The van der Waals surface area contributed by atoms with Gasteiger partial charge >= 0.3 is 0 Å². The lowest BCUT2D eigenvalue weighted by atomic mass is 9.69. The van der Waals surface area contributed by atoms with E-state index in [1.807, 2.05) is 18.2 Å². The molecule has 14 heavy (non-hydrogen) atoms. The second-order valence-electron chi connectivity index (χ2n) is 4.00. The van der Waals surface area contributed by atoms with E-state index in [0.717, 1.165) is 12.8 Å². The molecule has 0 aliphatic heterocycles. The van der Waals surface area contributed by atoms with E-state index in [1.165, 1.54) is 11.1 Å². The molecule has 1 fully saturated rings. The first kappa shape index (κ1) is 9.66. The van der Waals surface area contributed by atoms with Crippen LogP contribution in [0.2, 0.25) is 0 Å². The number of nitrogens with two attached hydrogens (primary N) is 1. The molecule has 1 aromatic rings. The highest BCUT2D eigenvalue weighted by Crippen LogP contribution is 2.43. The second kappa shape index (κ2) is 4.09. The van der Waals surface area contributed by atoms with Gasteiger partial charge in [0.2, 0.25) is 0 Å². The lowest BCUT2D eigenvalue weighted by molar-refractivity contribution is 0.199. The Labute approximate surface area is 84.1 Å². The number of alkyl halides is 1. The Morgan fingerprint density at radius 1 is 1.29 bits per heavy atom. The maximum atomic E-state index is 12.6. The minimum Gasteiger partial charge on any atom is -0.326 e. The van der Waals surface area contributed by atoms with Crippen LogP contribution in [0.15, 0.2) is 24.3 Å². The topological polar surface area (TPSA) is 26.0 Å². The monoisotopic (exact) mass is 193 g/mol. The number of halogens is 1. The molecule has 1 aliphatic carbocycles. The average molecular weight is 193 g/mol. The van der Waals surface area contributed by atoms with Crippen molar-refractivity contribution in [3.8, 4) is 0 Å². The molecule has 1 nitrogen and oxygen atoms in total. The highest BCUT2D eigenvalue weighted by atomic mass is 19.1. The van der Waals surface area contributed by atoms with E-state index >= 15 is 0 Å². The van der Waals surface area contributed by atoms with Gasteiger partial charge in [0, 0.05) is 6.54 Å². The van der Waals surface area contributed by atoms with Gasteiger partial charge in [-0.05, 0) is 35.8 Å².